The average Bonchev–Trinajstić information content (AvgIpc) is 2.56. The number of hydrogen-bond donors (Lipinski definition) is 0. The van der Waals surface area contributed by atoms with E-state index in [0.717, 1.165) is 25.7 Å². The van der Waals surface area contributed by atoms with Gasteiger partial charge in [0.05, 0.1) is 5.41 Å². The van der Waals surface area contributed by atoms with E-state index in [1.807, 2.05) is 6.07 Å². The molecule has 1 aromatic rings. The van der Waals surface area contributed by atoms with Gasteiger partial charge in [0.15, 0.2) is 0 Å². The van der Waals surface area contributed by atoms with Crippen molar-refractivity contribution >= 4 is 0 Å². The molecule has 108 valence electrons. The van der Waals surface area contributed by atoms with Gasteiger partial charge in [-0.05, 0) is 49.5 Å². The molecule has 2 unspecified atom stereocenters. The first-order valence-electron chi connectivity index (χ1n) is 8.14. The maximum absolute atomic E-state index is 6.09. The van der Waals surface area contributed by atoms with E-state index in [1.165, 1.54) is 12.0 Å². The summed E-state index contributed by atoms with van der Waals surface area (Å²) in [4.78, 5) is 0. The smallest absolute Gasteiger partial charge is 0.117 e. The SMILES string of the molecule is C#CC12CC3CC(C1)CC(c1ccccc1)(C3)C2(C#C)C#C. The quantitative estimate of drug-likeness (QED) is 0.683. The fourth-order valence-electron chi connectivity index (χ4n) is 6.19. The molecule has 0 aliphatic heterocycles. The summed E-state index contributed by atoms with van der Waals surface area (Å²) in [5, 5.41) is 0. The van der Waals surface area contributed by atoms with Crippen LogP contribution >= 0.6 is 0 Å². The van der Waals surface area contributed by atoms with Crippen LogP contribution < -0.4 is 0 Å². The molecule has 4 aliphatic rings. The second kappa shape index (κ2) is 4.22. The highest BCUT2D eigenvalue weighted by atomic mass is 14.7. The van der Waals surface area contributed by atoms with Gasteiger partial charge in [0.2, 0.25) is 0 Å². The van der Waals surface area contributed by atoms with E-state index in [0.29, 0.717) is 11.8 Å². The van der Waals surface area contributed by atoms with Gasteiger partial charge in [-0.1, -0.05) is 48.1 Å². The maximum Gasteiger partial charge on any atom is 0.117 e. The predicted octanol–water partition coefficient (Wildman–Crippen LogP) is 4.02. The molecule has 5 rings (SSSR count). The molecule has 4 aliphatic carbocycles. The Hall–Kier alpha value is -2.10. The summed E-state index contributed by atoms with van der Waals surface area (Å²) in [6.45, 7) is 0. The van der Waals surface area contributed by atoms with Crippen LogP contribution in [0.2, 0.25) is 0 Å². The Bertz CT molecular complexity index is 703. The van der Waals surface area contributed by atoms with Gasteiger partial charge in [0, 0.05) is 5.41 Å². The standard InChI is InChI=1S/C22H20/c1-4-20-13-17-12-18(14-20)16-21(15-17,22(20,5-2)6-3)19-10-8-7-9-11-19/h1-3,7-11,17-18H,12-16H2. The second-order valence-electron chi connectivity index (χ2n) is 7.50. The summed E-state index contributed by atoms with van der Waals surface area (Å²) in [5.74, 6) is 10.6. The first kappa shape index (κ1) is 13.6. The van der Waals surface area contributed by atoms with E-state index in [2.05, 4.69) is 42.0 Å². The Morgan fingerprint density at radius 3 is 1.91 bits per heavy atom. The molecule has 1 aromatic carbocycles. The zero-order chi connectivity index (χ0) is 15.4. The van der Waals surface area contributed by atoms with E-state index in [4.69, 9.17) is 19.3 Å². The monoisotopic (exact) mass is 284 g/mol. The van der Waals surface area contributed by atoms with Gasteiger partial charge in [-0.15, -0.1) is 19.3 Å². The van der Waals surface area contributed by atoms with Crippen LogP contribution in [0.1, 0.15) is 37.7 Å². The molecule has 0 nitrogen and oxygen atoms in total. The maximum atomic E-state index is 6.09. The molecular weight excluding hydrogens is 264 g/mol. The minimum Gasteiger partial charge on any atom is -0.119 e. The van der Waals surface area contributed by atoms with Crippen molar-refractivity contribution in [1.29, 1.82) is 0 Å². The van der Waals surface area contributed by atoms with Gasteiger partial charge in [-0.2, -0.15) is 0 Å². The molecule has 4 fully saturated rings. The molecule has 0 radical (unpaired) electrons. The van der Waals surface area contributed by atoms with Crippen LogP contribution in [0, 0.1) is 59.7 Å². The second-order valence-corrected chi connectivity index (χ2v) is 7.50. The van der Waals surface area contributed by atoms with Gasteiger partial charge in [-0.3, -0.25) is 0 Å². The number of rotatable bonds is 1. The van der Waals surface area contributed by atoms with Gasteiger partial charge in [0.1, 0.15) is 5.41 Å². The van der Waals surface area contributed by atoms with E-state index >= 15 is 0 Å². The Morgan fingerprint density at radius 1 is 0.818 bits per heavy atom. The minimum absolute atomic E-state index is 0.145. The fourth-order valence-corrected chi connectivity index (χ4v) is 6.19. The molecule has 0 spiro atoms. The topological polar surface area (TPSA) is 0 Å². The van der Waals surface area contributed by atoms with Crippen molar-refractivity contribution < 1.29 is 0 Å². The highest BCUT2D eigenvalue weighted by molar-refractivity contribution is 5.50. The van der Waals surface area contributed by atoms with Crippen molar-refractivity contribution in [3.05, 3.63) is 35.9 Å². The zero-order valence-corrected chi connectivity index (χ0v) is 12.8. The van der Waals surface area contributed by atoms with Crippen LogP contribution in [0.4, 0.5) is 0 Å². The van der Waals surface area contributed by atoms with Crippen molar-refractivity contribution in [3.8, 4) is 37.0 Å². The Kier molecular flexibility index (Phi) is 2.60. The van der Waals surface area contributed by atoms with Gasteiger partial charge in [-0.25, -0.2) is 0 Å². The van der Waals surface area contributed by atoms with Gasteiger partial charge in [0.25, 0.3) is 0 Å². The molecular formula is C22H20. The third-order valence-electron chi connectivity index (χ3n) is 6.69. The summed E-state index contributed by atoms with van der Waals surface area (Å²) < 4.78 is 0. The van der Waals surface area contributed by atoms with Crippen LogP contribution in [-0.2, 0) is 5.41 Å². The number of terminal acetylenes is 3. The van der Waals surface area contributed by atoms with E-state index in [1.54, 1.807) is 0 Å². The van der Waals surface area contributed by atoms with Crippen molar-refractivity contribution in [2.24, 2.45) is 22.7 Å². The third kappa shape index (κ3) is 1.29. The summed E-state index contributed by atoms with van der Waals surface area (Å²) in [6.07, 6.45) is 23.7. The minimum atomic E-state index is -0.649. The largest absolute Gasteiger partial charge is 0.119 e. The molecule has 2 atom stereocenters. The fraction of sp³-hybridized carbons (Fsp3) is 0.455. The summed E-state index contributed by atoms with van der Waals surface area (Å²) in [5.41, 5.74) is 0.174. The molecule has 0 heterocycles. The van der Waals surface area contributed by atoms with Crippen molar-refractivity contribution in [3.63, 3.8) is 0 Å². The van der Waals surface area contributed by atoms with Crippen LogP contribution in [0.3, 0.4) is 0 Å². The first-order chi connectivity index (χ1) is 10.7. The lowest BCUT2D eigenvalue weighted by Gasteiger charge is -2.68. The van der Waals surface area contributed by atoms with Gasteiger partial charge < -0.3 is 0 Å². The summed E-state index contributed by atoms with van der Waals surface area (Å²) in [6, 6.07) is 10.6. The highest BCUT2D eigenvalue weighted by Crippen LogP contribution is 2.73. The van der Waals surface area contributed by atoms with E-state index in [-0.39, 0.29) is 10.8 Å². The molecule has 0 N–H and O–H groups in total. The highest BCUT2D eigenvalue weighted by Gasteiger charge is 2.71. The lowest BCUT2D eigenvalue weighted by atomic mass is 9.33. The summed E-state index contributed by atoms with van der Waals surface area (Å²) >= 11 is 0. The molecule has 0 amide bonds. The Morgan fingerprint density at radius 2 is 1.41 bits per heavy atom. The van der Waals surface area contributed by atoms with Crippen LogP contribution in [-0.4, -0.2) is 0 Å². The predicted molar refractivity (Wildman–Crippen MR) is 89.6 cm³/mol. The molecule has 4 bridgehead atoms. The van der Waals surface area contributed by atoms with Crippen molar-refractivity contribution in [2.45, 2.75) is 37.5 Å². The van der Waals surface area contributed by atoms with Crippen molar-refractivity contribution in [1.82, 2.24) is 0 Å². The molecule has 22 heavy (non-hydrogen) atoms. The van der Waals surface area contributed by atoms with E-state index < -0.39 is 5.41 Å². The van der Waals surface area contributed by atoms with E-state index in [9.17, 15) is 0 Å². The first-order valence-corrected chi connectivity index (χ1v) is 8.14. The molecule has 0 aromatic heterocycles. The Labute approximate surface area is 133 Å². The lowest BCUT2D eigenvalue weighted by molar-refractivity contribution is -0.108. The number of hydrogen-bond acceptors (Lipinski definition) is 0. The van der Waals surface area contributed by atoms with Gasteiger partial charge >= 0.3 is 0 Å². The summed E-state index contributed by atoms with van der Waals surface area (Å²) in [7, 11) is 0. The van der Waals surface area contributed by atoms with Crippen LogP contribution in [0.25, 0.3) is 0 Å². The zero-order valence-electron chi connectivity index (χ0n) is 12.8. The molecule has 4 saturated carbocycles. The average molecular weight is 284 g/mol. The molecule has 0 saturated heterocycles. The molecule has 0 heteroatoms. The third-order valence-corrected chi connectivity index (χ3v) is 6.69. The van der Waals surface area contributed by atoms with Crippen molar-refractivity contribution in [2.75, 3.05) is 0 Å². The van der Waals surface area contributed by atoms with Crippen LogP contribution in [0.15, 0.2) is 30.3 Å². The lowest BCUT2D eigenvalue weighted by Crippen LogP contribution is -2.66. The normalized spacial score (nSPS) is 40.4. The number of benzene rings is 1. The van der Waals surface area contributed by atoms with Crippen LogP contribution in [0.5, 0.6) is 0 Å². The Balaban J connectivity index is 2.03.